The number of hydrogen-bond donors (Lipinski definition) is 3. The molecule has 1 aromatic heterocycles. The number of carbonyl (C=O) groups is 2. The van der Waals surface area contributed by atoms with Crippen LogP contribution in [0, 0.1) is 11.7 Å². The van der Waals surface area contributed by atoms with E-state index in [0.717, 1.165) is 19.3 Å². The van der Waals surface area contributed by atoms with Crippen LogP contribution >= 0.6 is 23.7 Å². The van der Waals surface area contributed by atoms with E-state index in [9.17, 15) is 14.0 Å². The van der Waals surface area contributed by atoms with Gasteiger partial charge in [-0.25, -0.2) is 9.37 Å². The van der Waals surface area contributed by atoms with Crippen LogP contribution in [-0.4, -0.2) is 22.8 Å². The van der Waals surface area contributed by atoms with Crippen LogP contribution in [0.4, 0.5) is 15.2 Å². The molecule has 1 aromatic carbocycles. The smallest absolute Gasteiger partial charge is 0.226 e. The molecular formula is C18H22ClFN4O2S. The van der Waals surface area contributed by atoms with E-state index in [-0.39, 0.29) is 36.2 Å². The highest BCUT2D eigenvalue weighted by Crippen LogP contribution is 2.30. The lowest BCUT2D eigenvalue weighted by Crippen LogP contribution is -2.28. The fraction of sp³-hybridized carbons (Fsp3) is 0.389. The van der Waals surface area contributed by atoms with Gasteiger partial charge in [-0.15, -0.1) is 23.7 Å². The highest BCUT2D eigenvalue weighted by molar-refractivity contribution is 7.14. The van der Waals surface area contributed by atoms with E-state index in [2.05, 4.69) is 15.6 Å². The Bertz CT molecular complexity index is 829. The number of benzene rings is 1. The fourth-order valence-corrected chi connectivity index (χ4v) is 3.91. The van der Waals surface area contributed by atoms with Crippen molar-refractivity contribution >= 4 is 46.4 Å². The lowest BCUT2D eigenvalue weighted by Gasteiger charge is -2.13. The van der Waals surface area contributed by atoms with Gasteiger partial charge in [0.2, 0.25) is 11.8 Å². The molecule has 1 aliphatic rings. The Kier molecular flexibility index (Phi) is 7.29. The highest BCUT2D eigenvalue weighted by Gasteiger charge is 2.26. The molecule has 3 rings (SSSR count). The average molecular weight is 413 g/mol. The number of nitrogens with two attached hydrogens (primary N) is 1. The second-order valence-electron chi connectivity index (χ2n) is 6.52. The lowest BCUT2D eigenvalue weighted by atomic mass is 10.00. The molecule has 4 N–H and O–H groups in total. The van der Waals surface area contributed by atoms with E-state index >= 15 is 0 Å². The molecule has 6 nitrogen and oxygen atoms in total. The van der Waals surface area contributed by atoms with Gasteiger partial charge in [-0.2, -0.15) is 0 Å². The van der Waals surface area contributed by atoms with Crippen molar-refractivity contribution in [3.05, 3.63) is 29.4 Å². The molecule has 1 saturated carbocycles. The number of rotatable bonds is 5. The third kappa shape index (κ3) is 5.47. The van der Waals surface area contributed by atoms with Gasteiger partial charge in [0, 0.05) is 36.0 Å². The molecule has 1 fully saturated rings. The zero-order valence-corrected chi connectivity index (χ0v) is 16.5. The van der Waals surface area contributed by atoms with Crippen molar-refractivity contribution in [2.45, 2.75) is 38.6 Å². The van der Waals surface area contributed by atoms with Crippen LogP contribution in [0.1, 0.15) is 32.6 Å². The molecule has 0 radical (unpaired) electrons. The van der Waals surface area contributed by atoms with Gasteiger partial charge in [0.15, 0.2) is 5.13 Å². The first kappa shape index (κ1) is 21.3. The van der Waals surface area contributed by atoms with E-state index < -0.39 is 5.82 Å². The van der Waals surface area contributed by atoms with Crippen LogP contribution in [0.15, 0.2) is 23.6 Å². The van der Waals surface area contributed by atoms with E-state index in [1.165, 1.54) is 24.3 Å². The van der Waals surface area contributed by atoms with Crippen molar-refractivity contribution in [2.75, 3.05) is 10.6 Å². The summed E-state index contributed by atoms with van der Waals surface area (Å²) in [5.74, 6) is -0.655. The molecule has 9 heteroatoms. The van der Waals surface area contributed by atoms with Crippen molar-refractivity contribution in [3.63, 3.8) is 0 Å². The summed E-state index contributed by atoms with van der Waals surface area (Å²) < 4.78 is 14.3. The Morgan fingerprint density at radius 3 is 2.74 bits per heavy atom. The third-order valence-corrected chi connectivity index (χ3v) is 5.24. The summed E-state index contributed by atoms with van der Waals surface area (Å²) in [5.41, 5.74) is 7.14. The molecule has 1 aliphatic carbocycles. The molecule has 146 valence electrons. The Morgan fingerprint density at radius 1 is 1.33 bits per heavy atom. The minimum atomic E-state index is -0.489. The lowest BCUT2D eigenvalue weighted by molar-refractivity contribution is -0.117. The molecule has 2 atom stereocenters. The van der Waals surface area contributed by atoms with E-state index in [4.69, 9.17) is 5.73 Å². The number of nitrogens with one attached hydrogen (secondary N) is 2. The van der Waals surface area contributed by atoms with E-state index in [0.29, 0.717) is 28.5 Å². The number of carbonyl (C=O) groups excluding carboxylic acids is 2. The Morgan fingerprint density at radius 2 is 2.11 bits per heavy atom. The molecule has 2 aromatic rings. The van der Waals surface area contributed by atoms with Gasteiger partial charge < -0.3 is 16.4 Å². The fourth-order valence-electron chi connectivity index (χ4n) is 3.19. The second-order valence-corrected chi connectivity index (χ2v) is 7.38. The van der Waals surface area contributed by atoms with Gasteiger partial charge >= 0.3 is 0 Å². The number of hydrogen-bond acceptors (Lipinski definition) is 5. The van der Waals surface area contributed by atoms with Crippen LogP contribution in [0.25, 0.3) is 11.3 Å². The van der Waals surface area contributed by atoms with E-state index in [1.54, 1.807) is 17.5 Å². The molecular weight excluding hydrogens is 391 g/mol. The Hall–Kier alpha value is -2.03. The minimum Gasteiger partial charge on any atom is -0.327 e. The monoisotopic (exact) mass is 412 g/mol. The summed E-state index contributed by atoms with van der Waals surface area (Å²) in [6.45, 7) is 1.36. The number of aromatic nitrogens is 1. The summed E-state index contributed by atoms with van der Waals surface area (Å²) in [4.78, 5) is 27.5. The van der Waals surface area contributed by atoms with Gasteiger partial charge in [0.25, 0.3) is 0 Å². The summed E-state index contributed by atoms with van der Waals surface area (Å²) in [6, 6.07) is 4.50. The predicted molar refractivity (Wildman–Crippen MR) is 108 cm³/mol. The topological polar surface area (TPSA) is 97.1 Å². The van der Waals surface area contributed by atoms with Crippen molar-refractivity contribution in [3.8, 4) is 11.3 Å². The zero-order valence-electron chi connectivity index (χ0n) is 14.8. The van der Waals surface area contributed by atoms with Crippen LogP contribution < -0.4 is 16.4 Å². The zero-order chi connectivity index (χ0) is 18.7. The average Bonchev–Trinajstić information content (AvgIpc) is 3.17. The van der Waals surface area contributed by atoms with Crippen molar-refractivity contribution in [1.29, 1.82) is 0 Å². The van der Waals surface area contributed by atoms with Crippen LogP contribution in [0.5, 0.6) is 0 Å². The second kappa shape index (κ2) is 9.25. The van der Waals surface area contributed by atoms with E-state index in [1.807, 2.05) is 0 Å². The molecule has 0 bridgehead atoms. The molecule has 2 amide bonds. The summed E-state index contributed by atoms with van der Waals surface area (Å²) in [6.07, 6.45) is 3.39. The van der Waals surface area contributed by atoms with Gasteiger partial charge in [-0.3, -0.25) is 9.59 Å². The number of halogens is 2. The number of nitrogens with zero attached hydrogens (tertiary/aromatic N) is 1. The Labute approximate surface area is 167 Å². The summed E-state index contributed by atoms with van der Waals surface area (Å²) in [5, 5.41) is 7.42. The number of thiazole rings is 1. The highest BCUT2D eigenvalue weighted by atomic mass is 35.5. The van der Waals surface area contributed by atoms with Gasteiger partial charge in [-0.05, 0) is 37.0 Å². The number of anilines is 2. The van der Waals surface area contributed by atoms with Gasteiger partial charge in [0.1, 0.15) is 5.82 Å². The molecule has 0 unspecified atom stereocenters. The third-order valence-electron chi connectivity index (χ3n) is 4.48. The maximum atomic E-state index is 14.3. The first-order valence-electron chi connectivity index (χ1n) is 8.51. The molecule has 1 heterocycles. The summed E-state index contributed by atoms with van der Waals surface area (Å²) >= 11 is 1.24. The SMILES string of the molecule is CC(=O)Nc1ccc(-c2csc(NC(=O)C[C@@H]3CCC[C@H]3N)n2)c(F)c1.Cl. The number of amides is 2. The molecule has 0 saturated heterocycles. The normalized spacial score (nSPS) is 18.6. The summed E-state index contributed by atoms with van der Waals surface area (Å²) in [7, 11) is 0. The van der Waals surface area contributed by atoms with Crippen LogP contribution in [0.3, 0.4) is 0 Å². The minimum absolute atomic E-state index is 0. The quantitative estimate of drug-likeness (QED) is 0.696. The molecule has 0 spiro atoms. The van der Waals surface area contributed by atoms with Gasteiger partial charge in [0.05, 0.1) is 5.69 Å². The van der Waals surface area contributed by atoms with Gasteiger partial charge in [-0.1, -0.05) is 6.42 Å². The first-order chi connectivity index (χ1) is 12.4. The molecule has 27 heavy (non-hydrogen) atoms. The van der Waals surface area contributed by atoms with Crippen molar-refractivity contribution in [1.82, 2.24) is 4.98 Å². The van der Waals surface area contributed by atoms with Crippen molar-refractivity contribution < 1.29 is 14.0 Å². The van der Waals surface area contributed by atoms with Crippen molar-refractivity contribution in [2.24, 2.45) is 11.7 Å². The van der Waals surface area contributed by atoms with Crippen LogP contribution in [-0.2, 0) is 9.59 Å². The first-order valence-corrected chi connectivity index (χ1v) is 9.39. The Balaban J connectivity index is 0.00000261. The maximum absolute atomic E-state index is 14.3. The standard InChI is InChI=1S/C18H21FN4O2S.ClH/c1-10(24)21-12-5-6-13(14(19)8-12)16-9-26-18(22-16)23-17(25)7-11-3-2-4-15(11)20;/h5-6,8-9,11,15H,2-4,7,20H2,1H3,(H,21,24)(H,22,23,25);1H/t11-,15+;/m0./s1. The maximum Gasteiger partial charge on any atom is 0.226 e. The van der Waals surface area contributed by atoms with Crippen LogP contribution in [0.2, 0.25) is 0 Å². The largest absolute Gasteiger partial charge is 0.327 e. The predicted octanol–water partition coefficient (Wildman–Crippen LogP) is 3.79. The molecule has 0 aliphatic heterocycles.